The second-order valence-corrected chi connectivity index (χ2v) is 6.83. The summed E-state index contributed by atoms with van der Waals surface area (Å²) in [6.45, 7) is 0.0365. The van der Waals surface area contributed by atoms with E-state index in [-0.39, 0.29) is 18.0 Å². The number of carbonyl (C=O) groups is 2. The summed E-state index contributed by atoms with van der Waals surface area (Å²) in [5.41, 5.74) is 1.77. The molecule has 0 radical (unpaired) electrons. The molecule has 4 aromatic rings. The first-order valence-electron chi connectivity index (χ1n) is 9.22. The van der Waals surface area contributed by atoms with Gasteiger partial charge in [-0.15, -0.1) is 0 Å². The maximum absolute atomic E-state index is 14.1. The van der Waals surface area contributed by atoms with Crippen LogP contribution < -0.4 is 4.90 Å². The first-order valence-corrected chi connectivity index (χ1v) is 9.22. The monoisotopic (exact) mass is 421 g/mol. The number of benzene rings is 1. The van der Waals surface area contributed by atoms with Crippen molar-refractivity contribution in [3.63, 3.8) is 0 Å². The van der Waals surface area contributed by atoms with Crippen LogP contribution in [-0.2, 0) is 4.74 Å². The molecule has 10 heteroatoms. The molecule has 0 unspecified atom stereocenters. The number of halogens is 2. The third kappa shape index (κ3) is 3.18. The number of anilines is 1. The maximum Gasteiger partial charge on any atom is 0.416 e. The number of aromatic nitrogens is 4. The van der Waals surface area contributed by atoms with Gasteiger partial charge < -0.3 is 4.74 Å². The molecule has 0 N–H and O–H groups in total. The average Bonchev–Trinajstić information content (AvgIpc) is 3.37. The van der Waals surface area contributed by atoms with E-state index in [1.54, 1.807) is 18.3 Å². The molecule has 1 aliphatic rings. The zero-order valence-corrected chi connectivity index (χ0v) is 15.8. The van der Waals surface area contributed by atoms with E-state index in [2.05, 4.69) is 15.1 Å². The second kappa shape index (κ2) is 7.24. The molecule has 31 heavy (non-hydrogen) atoms. The van der Waals surface area contributed by atoms with Gasteiger partial charge in [-0.2, -0.15) is 5.10 Å². The first-order chi connectivity index (χ1) is 15.0. The molecule has 1 atom stereocenters. The number of ether oxygens (including phenoxy) is 1. The number of aldehydes is 1. The van der Waals surface area contributed by atoms with Crippen LogP contribution in [0, 0.1) is 11.6 Å². The standard InChI is InChI=1S/C21H13F2N5O3/c22-14-3-4-17(24-8-14)18-11-31-21(30)28(18)19-5-6-27-20(26-19)15(9-25-27)12-1-2-13(10-29)16(23)7-12/h1-10,18H,11H2/t18-/m1/s1. The Morgan fingerprint density at radius 1 is 1.13 bits per heavy atom. The minimum Gasteiger partial charge on any atom is -0.446 e. The van der Waals surface area contributed by atoms with Crippen molar-refractivity contribution in [1.29, 1.82) is 0 Å². The first kappa shape index (κ1) is 18.8. The highest BCUT2D eigenvalue weighted by Gasteiger charge is 2.37. The number of nitrogens with zero attached hydrogens (tertiary/aromatic N) is 5. The summed E-state index contributed by atoms with van der Waals surface area (Å²) in [4.78, 5) is 33.2. The topological polar surface area (TPSA) is 89.7 Å². The quantitative estimate of drug-likeness (QED) is 0.468. The van der Waals surface area contributed by atoms with Crippen LogP contribution in [0.3, 0.4) is 0 Å². The highest BCUT2D eigenvalue weighted by molar-refractivity contribution is 5.90. The summed E-state index contributed by atoms with van der Waals surface area (Å²) >= 11 is 0. The van der Waals surface area contributed by atoms with Crippen molar-refractivity contribution < 1.29 is 23.1 Å². The van der Waals surface area contributed by atoms with Gasteiger partial charge in [0, 0.05) is 11.8 Å². The number of rotatable bonds is 4. The molecule has 1 aliphatic heterocycles. The van der Waals surface area contributed by atoms with Gasteiger partial charge in [0.05, 0.1) is 23.7 Å². The molecular formula is C21H13F2N5O3. The highest BCUT2D eigenvalue weighted by atomic mass is 19.1. The van der Waals surface area contributed by atoms with Crippen molar-refractivity contribution in [2.24, 2.45) is 0 Å². The predicted molar refractivity (Wildman–Crippen MR) is 105 cm³/mol. The van der Waals surface area contributed by atoms with E-state index in [4.69, 9.17) is 4.74 Å². The molecule has 1 fully saturated rings. The van der Waals surface area contributed by atoms with Gasteiger partial charge in [-0.3, -0.25) is 9.78 Å². The van der Waals surface area contributed by atoms with Crippen LogP contribution >= 0.6 is 0 Å². The van der Waals surface area contributed by atoms with E-state index in [0.717, 1.165) is 6.20 Å². The number of fused-ring (bicyclic) bond motifs is 1. The van der Waals surface area contributed by atoms with Crippen LogP contribution in [0.1, 0.15) is 22.1 Å². The lowest BCUT2D eigenvalue weighted by Gasteiger charge is -2.20. The highest BCUT2D eigenvalue weighted by Crippen LogP contribution is 2.33. The van der Waals surface area contributed by atoms with Crippen molar-refractivity contribution in [1.82, 2.24) is 19.6 Å². The van der Waals surface area contributed by atoms with Crippen LogP contribution in [0.5, 0.6) is 0 Å². The van der Waals surface area contributed by atoms with Gasteiger partial charge in [-0.1, -0.05) is 6.07 Å². The number of hydrogen-bond donors (Lipinski definition) is 0. The minimum absolute atomic E-state index is 0.0365. The molecule has 4 heterocycles. The van der Waals surface area contributed by atoms with Gasteiger partial charge in [0.2, 0.25) is 0 Å². The molecule has 0 spiro atoms. The van der Waals surface area contributed by atoms with Crippen molar-refractivity contribution in [2.75, 3.05) is 11.5 Å². The molecule has 5 rings (SSSR count). The summed E-state index contributed by atoms with van der Waals surface area (Å²) in [7, 11) is 0. The van der Waals surface area contributed by atoms with Gasteiger partial charge >= 0.3 is 6.09 Å². The summed E-state index contributed by atoms with van der Waals surface area (Å²) in [5, 5.41) is 4.21. The molecule has 3 aromatic heterocycles. The Hall–Kier alpha value is -4.21. The molecule has 0 bridgehead atoms. The van der Waals surface area contributed by atoms with Gasteiger partial charge in [-0.05, 0) is 35.9 Å². The Bertz CT molecular complexity index is 1320. The Balaban J connectivity index is 1.58. The van der Waals surface area contributed by atoms with E-state index in [1.165, 1.54) is 39.9 Å². The second-order valence-electron chi connectivity index (χ2n) is 6.83. The van der Waals surface area contributed by atoms with E-state index in [1.807, 2.05) is 0 Å². The number of amides is 1. The van der Waals surface area contributed by atoms with E-state index < -0.39 is 23.8 Å². The van der Waals surface area contributed by atoms with E-state index in [9.17, 15) is 18.4 Å². The van der Waals surface area contributed by atoms with Crippen LogP contribution in [0.25, 0.3) is 16.8 Å². The molecule has 1 saturated heterocycles. The van der Waals surface area contributed by atoms with Gasteiger partial charge in [0.15, 0.2) is 11.9 Å². The Morgan fingerprint density at radius 3 is 2.74 bits per heavy atom. The lowest BCUT2D eigenvalue weighted by Crippen LogP contribution is -2.28. The zero-order valence-electron chi connectivity index (χ0n) is 15.8. The summed E-state index contributed by atoms with van der Waals surface area (Å²) < 4.78 is 34.0. The number of hydrogen-bond acceptors (Lipinski definition) is 6. The molecule has 0 saturated carbocycles. The third-order valence-electron chi connectivity index (χ3n) is 5.00. The third-order valence-corrected chi connectivity index (χ3v) is 5.00. The summed E-state index contributed by atoms with van der Waals surface area (Å²) in [5.74, 6) is -0.872. The fourth-order valence-corrected chi connectivity index (χ4v) is 3.46. The lowest BCUT2D eigenvalue weighted by molar-refractivity contribution is 0.111. The predicted octanol–water partition coefficient (Wildman–Crippen LogP) is 3.58. The van der Waals surface area contributed by atoms with Crippen molar-refractivity contribution in [3.8, 4) is 11.1 Å². The molecule has 154 valence electrons. The SMILES string of the molecule is O=Cc1ccc(-c2cnn3ccc(N4C(=O)OC[C@@H]4c4ccc(F)cn4)nc23)cc1F. The van der Waals surface area contributed by atoms with Gasteiger partial charge in [-0.25, -0.2) is 28.0 Å². The Labute approximate surface area is 173 Å². The lowest BCUT2D eigenvalue weighted by atomic mass is 10.1. The molecule has 1 aromatic carbocycles. The average molecular weight is 421 g/mol. The van der Waals surface area contributed by atoms with Crippen LogP contribution in [-0.4, -0.2) is 38.6 Å². The smallest absolute Gasteiger partial charge is 0.416 e. The van der Waals surface area contributed by atoms with Gasteiger partial charge in [0.1, 0.15) is 30.1 Å². The van der Waals surface area contributed by atoms with Crippen molar-refractivity contribution in [3.05, 3.63) is 77.9 Å². The Kier molecular flexibility index (Phi) is 4.39. The fraction of sp³-hybridized carbons (Fsp3) is 0.0952. The number of pyridine rings is 1. The maximum atomic E-state index is 14.1. The number of carbonyl (C=O) groups excluding carboxylic acids is 2. The van der Waals surface area contributed by atoms with Crippen molar-refractivity contribution in [2.45, 2.75) is 6.04 Å². The summed E-state index contributed by atoms with van der Waals surface area (Å²) in [6, 6.07) is 7.93. The molecule has 0 aliphatic carbocycles. The van der Waals surface area contributed by atoms with Crippen molar-refractivity contribution >= 4 is 23.8 Å². The van der Waals surface area contributed by atoms with Crippen LogP contribution in [0.2, 0.25) is 0 Å². The normalized spacial score (nSPS) is 16.0. The van der Waals surface area contributed by atoms with Gasteiger partial charge in [0.25, 0.3) is 0 Å². The Morgan fingerprint density at radius 2 is 2.00 bits per heavy atom. The van der Waals surface area contributed by atoms with Crippen LogP contribution in [0.15, 0.2) is 55.0 Å². The minimum atomic E-state index is -0.659. The number of cyclic esters (lactones) is 1. The summed E-state index contributed by atoms with van der Waals surface area (Å²) in [6.07, 6.45) is 4.02. The molecular weight excluding hydrogens is 408 g/mol. The zero-order chi connectivity index (χ0) is 21.5. The van der Waals surface area contributed by atoms with Crippen LogP contribution in [0.4, 0.5) is 19.4 Å². The van der Waals surface area contributed by atoms with E-state index >= 15 is 0 Å². The fourth-order valence-electron chi connectivity index (χ4n) is 3.46. The molecule has 1 amide bonds. The molecule has 8 nitrogen and oxygen atoms in total. The van der Waals surface area contributed by atoms with E-state index in [0.29, 0.717) is 28.8 Å². The largest absolute Gasteiger partial charge is 0.446 e.